The van der Waals surface area contributed by atoms with Crippen molar-refractivity contribution in [1.29, 1.82) is 0 Å². The summed E-state index contributed by atoms with van der Waals surface area (Å²) in [5.74, 6) is 1.22. The Morgan fingerprint density at radius 2 is 2.07 bits per heavy atom. The molecular weight excluding hydrogens is 430 g/mol. The Balaban J connectivity index is 1.50. The maximum Gasteiger partial charge on any atom is 0.239 e. The third kappa shape index (κ3) is 4.74. The Bertz CT molecular complexity index is 965. The summed E-state index contributed by atoms with van der Waals surface area (Å²) in [6, 6.07) is 3.30. The summed E-state index contributed by atoms with van der Waals surface area (Å²) in [7, 11) is -1.83. The first-order valence-electron chi connectivity index (χ1n) is 9.79. The number of furan rings is 1. The summed E-state index contributed by atoms with van der Waals surface area (Å²) in [5.41, 5.74) is 0.674. The van der Waals surface area contributed by atoms with E-state index in [9.17, 15) is 8.42 Å². The zero-order valence-corrected chi connectivity index (χ0v) is 18.3. The molecule has 1 fully saturated rings. The Labute approximate surface area is 181 Å². The number of hydrogen-bond acceptors (Lipinski definition) is 8. The number of hydroxylamine groups is 2. The Morgan fingerprint density at radius 1 is 1.30 bits per heavy atom. The van der Waals surface area contributed by atoms with Crippen molar-refractivity contribution >= 4 is 21.6 Å². The van der Waals surface area contributed by atoms with E-state index in [2.05, 4.69) is 22.2 Å². The minimum absolute atomic E-state index is 0.0815. The highest BCUT2D eigenvalue weighted by molar-refractivity contribution is 7.93. The molecular formula is C19H26ClN5O4S. The van der Waals surface area contributed by atoms with Gasteiger partial charge in [0.1, 0.15) is 10.7 Å². The minimum Gasteiger partial charge on any atom is -0.468 e. The van der Waals surface area contributed by atoms with Gasteiger partial charge in [0.15, 0.2) is 0 Å². The van der Waals surface area contributed by atoms with Crippen LogP contribution in [0.2, 0.25) is 0 Å². The standard InChI is InChI=1S/C19H26ClN5O4S/c1-23-6-8-24(9-7-23)5-4-22-19-15-11-18(30(21,26)27)16(20)12-17(15)25(29-19)13-14-3-2-10-28-14/h2-3,10-12,17,22H,4-9,13H2,1H3,(H2,21,26,27). The summed E-state index contributed by atoms with van der Waals surface area (Å²) < 4.78 is 29.3. The number of sulfonamides is 1. The third-order valence-electron chi connectivity index (χ3n) is 5.43. The largest absolute Gasteiger partial charge is 0.468 e. The van der Waals surface area contributed by atoms with Crippen LogP contribution in [0, 0.1) is 0 Å². The van der Waals surface area contributed by atoms with Crippen LogP contribution in [-0.2, 0) is 21.4 Å². The predicted molar refractivity (Wildman–Crippen MR) is 113 cm³/mol. The van der Waals surface area contributed by atoms with Crippen LogP contribution < -0.4 is 10.5 Å². The van der Waals surface area contributed by atoms with Crippen molar-refractivity contribution in [3.63, 3.8) is 0 Å². The summed E-state index contributed by atoms with van der Waals surface area (Å²) in [6.45, 7) is 6.04. The van der Waals surface area contributed by atoms with Gasteiger partial charge in [-0.3, -0.25) is 4.90 Å². The second-order valence-corrected chi connectivity index (χ2v) is 9.55. The Hall–Kier alpha value is -1.82. The molecule has 0 amide bonds. The van der Waals surface area contributed by atoms with Crippen LogP contribution in [0.25, 0.3) is 0 Å². The third-order valence-corrected chi connectivity index (χ3v) is 6.83. The van der Waals surface area contributed by atoms with Crippen LogP contribution in [0.1, 0.15) is 5.76 Å². The Kier molecular flexibility index (Phi) is 6.24. The van der Waals surface area contributed by atoms with Crippen molar-refractivity contribution < 1.29 is 17.7 Å². The van der Waals surface area contributed by atoms with Crippen LogP contribution in [0.5, 0.6) is 0 Å². The fourth-order valence-corrected chi connectivity index (χ4v) is 4.84. The number of primary sulfonamides is 1. The molecule has 0 spiro atoms. The molecule has 30 heavy (non-hydrogen) atoms. The van der Waals surface area contributed by atoms with E-state index >= 15 is 0 Å². The zero-order chi connectivity index (χ0) is 21.3. The molecule has 0 bridgehead atoms. The lowest BCUT2D eigenvalue weighted by molar-refractivity contribution is -0.125. The lowest BCUT2D eigenvalue weighted by atomic mass is 10.0. The van der Waals surface area contributed by atoms with E-state index in [1.54, 1.807) is 23.5 Å². The number of piperazine rings is 1. The van der Waals surface area contributed by atoms with E-state index in [-0.39, 0.29) is 16.0 Å². The molecule has 3 aliphatic rings. The Morgan fingerprint density at radius 3 is 2.73 bits per heavy atom. The van der Waals surface area contributed by atoms with E-state index in [0.29, 0.717) is 24.5 Å². The molecule has 3 heterocycles. The summed E-state index contributed by atoms with van der Waals surface area (Å²) >= 11 is 6.22. The van der Waals surface area contributed by atoms with Crippen LogP contribution >= 0.6 is 11.6 Å². The van der Waals surface area contributed by atoms with Crippen LogP contribution in [0.15, 0.2) is 56.4 Å². The molecule has 2 aliphatic heterocycles. The van der Waals surface area contributed by atoms with E-state index in [1.807, 2.05) is 6.07 Å². The number of allylic oxidation sites excluding steroid dienone is 1. The maximum atomic E-state index is 11.9. The monoisotopic (exact) mass is 455 g/mol. The molecule has 1 aliphatic carbocycles. The normalized spacial score (nSPS) is 23.8. The minimum atomic E-state index is -3.95. The van der Waals surface area contributed by atoms with Gasteiger partial charge in [-0.1, -0.05) is 11.6 Å². The van der Waals surface area contributed by atoms with Gasteiger partial charge in [0.2, 0.25) is 15.9 Å². The van der Waals surface area contributed by atoms with E-state index in [0.717, 1.165) is 38.5 Å². The smallest absolute Gasteiger partial charge is 0.239 e. The number of nitrogens with two attached hydrogens (primary N) is 1. The molecule has 1 aromatic rings. The SMILES string of the molecule is CN1CCN(CCNC2=C3C=C(S(N)(=O)=O)C(Cl)=CC3N(Cc3ccco3)O2)CC1. The average molecular weight is 456 g/mol. The first-order chi connectivity index (χ1) is 14.3. The van der Waals surface area contributed by atoms with Crippen LogP contribution in [0.4, 0.5) is 0 Å². The van der Waals surface area contributed by atoms with Gasteiger partial charge < -0.3 is 19.5 Å². The average Bonchev–Trinajstić information content (AvgIpc) is 3.31. The molecule has 4 rings (SSSR count). The van der Waals surface area contributed by atoms with E-state index < -0.39 is 10.0 Å². The van der Waals surface area contributed by atoms with Crippen molar-refractivity contribution in [2.24, 2.45) is 5.14 Å². The van der Waals surface area contributed by atoms with Crippen molar-refractivity contribution in [2.75, 3.05) is 46.3 Å². The molecule has 0 radical (unpaired) electrons. The second kappa shape index (κ2) is 8.74. The summed E-state index contributed by atoms with van der Waals surface area (Å²) in [4.78, 5) is 10.6. The number of halogens is 1. The first kappa shape index (κ1) is 21.4. The highest BCUT2D eigenvalue weighted by Crippen LogP contribution is 2.37. The molecule has 9 nitrogen and oxygen atoms in total. The van der Waals surface area contributed by atoms with Crippen LogP contribution in [-0.4, -0.2) is 75.6 Å². The van der Waals surface area contributed by atoms with Gasteiger partial charge in [0, 0.05) is 44.8 Å². The molecule has 1 unspecified atom stereocenters. The lowest BCUT2D eigenvalue weighted by Gasteiger charge is -2.32. The highest BCUT2D eigenvalue weighted by Gasteiger charge is 2.38. The van der Waals surface area contributed by atoms with Gasteiger partial charge in [0.25, 0.3) is 0 Å². The molecule has 164 valence electrons. The van der Waals surface area contributed by atoms with Crippen molar-refractivity contribution in [1.82, 2.24) is 20.2 Å². The van der Waals surface area contributed by atoms with Gasteiger partial charge in [-0.15, -0.1) is 5.06 Å². The van der Waals surface area contributed by atoms with Crippen molar-refractivity contribution in [2.45, 2.75) is 12.6 Å². The fraction of sp³-hybridized carbons (Fsp3) is 0.474. The van der Waals surface area contributed by atoms with Crippen molar-refractivity contribution in [3.8, 4) is 0 Å². The number of nitrogens with one attached hydrogen (secondary N) is 1. The van der Waals surface area contributed by atoms with Gasteiger partial charge in [-0.05, 0) is 31.3 Å². The fourth-order valence-electron chi connectivity index (χ4n) is 3.71. The molecule has 1 aromatic heterocycles. The second-order valence-electron chi connectivity index (χ2n) is 7.62. The molecule has 3 N–H and O–H groups in total. The van der Waals surface area contributed by atoms with Crippen molar-refractivity contribution in [3.05, 3.63) is 57.7 Å². The summed E-state index contributed by atoms with van der Waals surface area (Å²) in [5, 5.41) is 10.4. The van der Waals surface area contributed by atoms with E-state index in [4.69, 9.17) is 26.0 Å². The number of hydrogen-bond donors (Lipinski definition) is 2. The quantitative estimate of drug-likeness (QED) is 0.620. The first-order valence-corrected chi connectivity index (χ1v) is 11.7. The van der Waals surface area contributed by atoms with Gasteiger partial charge in [-0.2, -0.15) is 0 Å². The predicted octanol–water partition coefficient (Wildman–Crippen LogP) is 0.753. The number of rotatable bonds is 7. The van der Waals surface area contributed by atoms with Gasteiger partial charge in [0.05, 0.1) is 23.9 Å². The maximum absolute atomic E-state index is 11.9. The number of nitrogens with zero attached hydrogens (tertiary/aromatic N) is 3. The molecule has 11 heteroatoms. The highest BCUT2D eigenvalue weighted by atomic mass is 35.5. The van der Waals surface area contributed by atoms with E-state index in [1.165, 1.54) is 6.08 Å². The number of likely N-dealkylation sites (N-methyl/N-ethyl adjacent to an activating group) is 1. The molecule has 1 atom stereocenters. The summed E-state index contributed by atoms with van der Waals surface area (Å²) in [6.07, 6.45) is 4.72. The molecule has 0 saturated carbocycles. The van der Waals surface area contributed by atoms with Gasteiger partial charge >= 0.3 is 0 Å². The lowest BCUT2D eigenvalue weighted by Crippen LogP contribution is -2.46. The van der Waals surface area contributed by atoms with Gasteiger partial charge in [-0.25, -0.2) is 13.6 Å². The molecule has 1 saturated heterocycles. The zero-order valence-electron chi connectivity index (χ0n) is 16.8. The topological polar surface area (TPSA) is 104 Å². The molecule has 0 aromatic carbocycles. The van der Waals surface area contributed by atoms with Crippen LogP contribution in [0.3, 0.4) is 0 Å². The number of fused-ring (bicyclic) bond motifs is 1.